The van der Waals surface area contributed by atoms with Gasteiger partial charge in [-0.15, -0.1) is 0 Å². The van der Waals surface area contributed by atoms with E-state index in [0.29, 0.717) is 0 Å². The van der Waals surface area contributed by atoms with Gasteiger partial charge in [0.05, 0.1) is 0 Å². The van der Waals surface area contributed by atoms with Crippen LogP contribution in [0.25, 0.3) is 76.8 Å². The highest BCUT2D eigenvalue weighted by atomic mass is 14.4. The number of benzene rings is 8. The van der Waals surface area contributed by atoms with Crippen molar-refractivity contribution in [2.75, 3.05) is 0 Å². The van der Waals surface area contributed by atoms with Gasteiger partial charge >= 0.3 is 0 Å². The molecular weight excluding hydrogens is 553 g/mol. The first-order valence-electron chi connectivity index (χ1n) is 16.5. The Morgan fingerprint density at radius 3 is 1.17 bits per heavy atom. The summed E-state index contributed by atoms with van der Waals surface area (Å²) in [6.07, 6.45) is 0. The molecule has 0 bridgehead atoms. The molecule has 2 aliphatic carbocycles. The fourth-order valence-corrected chi connectivity index (χ4v) is 9.08. The van der Waals surface area contributed by atoms with E-state index in [1.165, 1.54) is 99.1 Å². The van der Waals surface area contributed by atoms with E-state index in [-0.39, 0.29) is 10.8 Å². The van der Waals surface area contributed by atoms with Crippen molar-refractivity contribution in [1.29, 1.82) is 0 Å². The van der Waals surface area contributed by atoms with Crippen molar-refractivity contribution < 1.29 is 0 Å². The van der Waals surface area contributed by atoms with E-state index in [9.17, 15) is 0 Å². The summed E-state index contributed by atoms with van der Waals surface area (Å²) in [5.41, 5.74) is 16.3. The van der Waals surface area contributed by atoms with E-state index in [1.54, 1.807) is 0 Å². The molecule has 0 aromatic heterocycles. The van der Waals surface area contributed by atoms with Crippen molar-refractivity contribution in [2.45, 2.75) is 38.5 Å². The Labute approximate surface area is 270 Å². The summed E-state index contributed by atoms with van der Waals surface area (Å²) < 4.78 is 0. The van der Waals surface area contributed by atoms with E-state index in [1.807, 2.05) is 0 Å². The Bertz CT molecular complexity index is 2390. The van der Waals surface area contributed by atoms with Crippen LogP contribution in [-0.2, 0) is 10.8 Å². The molecule has 0 atom stereocenters. The summed E-state index contributed by atoms with van der Waals surface area (Å²) in [6.45, 7) is 9.41. The fraction of sp³-hybridized carbons (Fsp3) is 0.130. The highest BCUT2D eigenvalue weighted by Gasteiger charge is 2.36. The van der Waals surface area contributed by atoms with E-state index in [4.69, 9.17) is 0 Å². The van der Waals surface area contributed by atoms with Crippen molar-refractivity contribution >= 4 is 32.3 Å². The van der Waals surface area contributed by atoms with Crippen LogP contribution in [0, 0.1) is 0 Å². The maximum Gasteiger partial charge on any atom is 0.0158 e. The quantitative estimate of drug-likeness (QED) is 0.177. The van der Waals surface area contributed by atoms with Gasteiger partial charge in [-0.25, -0.2) is 0 Å². The summed E-state index contributed by atoms with van der Waals surface area (Å²) >= 11 is 0. The Kier molecular flexibility index (Phi) is 4.95. The molecule has 0 heterocycles. The normalized spacial score (nSPS) is 15.3. The van der Waals surface area contributed by atoms with Gasteiger partial charge in [0.1, 0.15) is 0 Å². The highest BCUT2D eigenvalue weighted by Crippen LogP contribution is 2.52. The molecule has 8 aromatic rings. The minimum atomic E-state index is 0.0128. The second-order valence-corrected chi connectivity index (χ2v) is 14.5. The lowest BCUT2D eigenvalue weighted by Crippen LogP contribution is -2.14. The Hall–Kier alpha value is -5.20. The van der Waals surface area contributed by atoms with Gasteiger partial charge in [-0.2, -0.15) is 0 Å². The van der Waals surface area contributed by atoms with Gasteiger partial charge in [-0.3, -0.25) is 0 Å². The average molecular weight is 587 g/mol. The van der Waals surface area contributed by atoms with Gasteiger partial charge in [0.2, 0.25) is 0 Å². The summed E-state index contributed by atoms with van der Waals surface area (Å²) in [4.78, 5) is 0. The Morgan fingerprint density at radius 2 is 0.717 bits per heavy atom. The zero-order chi connectivity index (χ0) is 30.9. The molecule has 0 fully saturated rings. The summed E-state index contributed by atoms with van der Waals surface area (Å²) in [5.74, 6) is 0. The van der Waals surface area contributed by atoms with Crippen molar-refractivity contribution in [3.8, 4) is 44.5 Å². The molecule has 0 spiro atoms. The Balaban J connectivity index is 1.18. The van der Waals surface area contributed by atoms with Gasteiger partial charge in [0.15, 0.2) is 0 Å². The molecule has 0 amide bonds. The van der Waals surface area contributed by atoms with Crippen molar-refractivity contribution in [3.05, 3.63) is 156 Å². The molecule has 2 aliphatic rings. The molecule has 10 rings (SSSR count). The largest absolute Gasteiger partial charge is 0.0619 e. The maximum absolute atomic E-state index is 2.43. The number of hydrogen-bond acceptors (Lipinski definition) is 0. The second-order valence-electron chi connectivity index (χ2n) is 14.5. The zero-order valence-corrected chi connectivity index (χ0v) is 26.7. The van der Waals surface area contributed by atoms with Crippen molar-refractivity contribution in [3.63, 3.8) is 0 Å². The molecule has 46 heavy (non-hydrogen) atoms. The Morgan fingerprint density at radius 1 is 0.326 bits per heavy atom. The average Bonchev–Trinajstić information content (AvgIpc) is 3.46. The minimum Gasteiger partial charge on any atom is -0.0619 e. The molecule has 0 aliphatic heterocycles. The summed E-state index contributed by atoms with van der Waals surface area (Å²) in [5, 5.41) is 7.97. The van der Waals surface area contributed by atoms with E-state index < -0.39 is 0 Å². The molecule has 0 saturated carbocycles. The monoisotopic (exact) mass is 586 g/mol. The molecule has 0 nitrogen and oxygen atoms in total. The van der Waals surface area contributed by atoms with Gasteiger partial charge in [-0.05, 0) is 111 Å². The lowest BCUT2D eigenvalue weighted by atomic mass is 9.81. The van der Waals surface area contributed by atoms with Gasteiger partial charge in [0, 0.05) is 10.8 Å². The predicted molar refractivity (Wildman–Crippen MR) is 196 cm³/mol. The van der Waals surface area contributed by atoms with E-state index >= 15 is 0 Å². The smallest absolute Gasteiger partial charge is 0.0158 e. The van der Waals surface area contributed by atoms with E-state index in [2.05, 4.69) is 161 Å². The third-order valence-electron chi connectivity index (χ3n) is 11.5. The zero-order valence-electron chi connectivity index (χ0n) is 26.7. The van der Waals surface area contributed by atoms with Crippen LogP contribution in [0.3, 0.4) is 0 Å². The van der Waals surface area contributed by atoms with Crippen molar-refractivity contribution in [2.24, 2.45) is 0 Å². The predicted octanol–water partition coefficient (Wildman–Crippen LogP) is 12.5. The molecule has 0 radical (unpaired) electrons. The maximum atomic E-state index is 2.43. The minimum absolute atomic E-state index is 0.0128. The van der Waals surface area contributed by atoms with Gasteiger partial charge in [0.25, 0.3) is 0 Å². The first-order valence-corrected chi connectivity index (χ1v) is 16.5. The fourth-order valence-electron chi connectivity index (χ4n) is 9.08. The van der Waals surface area contributed by atoms with Crippen LogP contribution >= 0.6 is 0 Å². The van der Waals surface area contributed by atoms with Crippen LogP contribution in [-0.4, -0.2) is 0 Å². The van der Waals surface area contributed by atoms with Crippen LogP contribution in [0.5, 0.6) is 0 Å². The van der Waals surface area contributed by atoms with Gasteiger partial charge < -0.3 is 0 Å². The molecular formula is C46H34. The molecule has 0 unspecified atom stereocenters. The number of hydrogen-bond donors (Lipinski definition) is 0. The van der Waals surface area contributed by atoms with Gasteiger partial charge in [-0.1, -0.05) is 149 Å². The van der Waals surface area contributed by atoms with Crippen LogP contribution in [0.2, 0.25) is 0 Å². The molecule has 0 heteroatoms. The number of rotatable bonds is 2. The third-order valence-corrected chi connectivity index (χ3v) is 11.5. The molecule has 0 saturated heterocycles. The summed E-state index contributed by atoms with van der Waals surface area (Å²) in [6, 6.07) is 50.8. The first-order chi connectivity index (χ1) is 22.3. The molecule has 8 aromatic carbocycles. The lowest BCUT2D eigenvalue weighted by molar-refractivity contribution is 0.660. The van der Waals surface area contributed by atoms with E-state index in [0.717, 1.165) is 0 Å². The SMILES string of the molecule is CC1(C)c2ccccc2-c2cc(-c3ccc4ccc5c(-c6ccc7c(c6)-c6ccccc6C7(C)C)ccc6ccc3c4c65)ccc21. The topological polar surface area (TPSA) is 0 Å². The molecule has 218 valence electrons. The van der Waals surface area contributed by atoms with Crippen LogP contribution in [0.15, 0.2) is 133 Å². The second kappa shape index (κ2) is 8.74. The third kappa shape index (κ3) is 3.24. The van der Waals surface area contributed by atoms with Crippen LogP contribution < -0.4 is 0 Å². The first kappa shape index (κ1) is 26.1. The highest BCUT2D eigenvalue weighted by molar-refractivity contribution is 6.27. The lowest BCUT2D eigenvalue weighted by Gasteiger charge is -2.22. The number of fused-ring (bicyclic) bond motifs is 6. The van der Waals surface area contributed by atoms with Crippen LogP contribution in [0.1, 0.15) is 49.9 Å². The summed E-state index contributed by atoms with van der Waals surface area (Å²) in [7, 11) is 0. The molecule has 0 N–H and O–H groups in total. The standard InChI is InChI=1S/C46H34/c1-45(2)39-11-7-5-9-33(39)37-25-29(17-23-41(37)45)31-19-13-27-16-22-36-32(20-14-28-15-21-35(31)43(27)44(28)36)30-18-24-42-38(26-30)34-10-6-8-12-40(34)46(42,3)4/h5-26H,1-4H3. The van der Waals surface area contributed by atoms with Crippen LogP contribution in [0.4, 0.5) is 0 Å². The van der Waals surface area contributed by atoms with Crippen molar-refractivity contribution in [1.82, 2.24) is 0 Å².